The van der Waals surface area contributed by atoms with Crippen LogP contribution < -0.4 is 10.6 Å². The van der Waals surface area contributed by atoms with Crippen LogP contribution in [-0.4, -0.2) is 26.4 Å². The largest absolute Gasteiger partial charge is 0.271 e. The first-order valence-electron chi connectivity index (χ1n) is 10.6. The molecule has 0 fully saturated rings. The smallest absolute Gasteiger partial charge is 0.187 e. The summed E-state index contributed by atoms with van der Waals surface area (Å²) in [6, 6.07) is 8.13. The molecule has 4 rings (SSSR count). The summed E-state index contributed by atoms with van der Waals surface area (Å²) < 4.78 is 44.5. The number of hydrogen-bond donors (Lipinski definition) is 2. The standard InChI is InChI=1S/C24H21BrF3N5OS2/c1-24(2,3)22-31-19(21(36-22)17-8-9-29-23(30-17)35-4)13-6-5-7-16(18(13)28)32-33(34)20-14(26)10-12(25)11-15(20)27/h5-11,32,34H,1-4H3. The molecule has 2 heterocycles. The summed E-state index contributed by atoms with van der Waals surface area (Å²) in [5.74, 6) is -2.85. The monoisotopic (exact) mass is 595 g/mol. The van der Waals surface area contributed by atoms with E-state index in [2.05, 4.69) is 31.3 Å². The van der Waals surface area contributed by atoms with Crippen molar-refractivity contribution in [3.8, 4) is 21.8 Å². The van der Waals surface area contributed by atoms with Gasteiger partial charge in [0.25, 0.3) is 0 Å². The van der Waals surface area contributed by atoms with Crippen LogP contribution in [0.15, 0.2) is 52.2 Å². The number of aromatic nitrogens is 3. The van der Waals surface area contributed by atoms with E-state index < -0.39 is 23.1 Å². The van der Waals surface area contributed by atoms with E-state index in [9.17, 15) is 14.0 Å². The fourth-order valence-corrected chi connectivity index (χ4v) is 5.14. The molecule has 2 aromatic carbocycles. The third kappa shape index (κ3) is 5.36. The van der Waals surface area contributed by atoms with Crippen LogP contribution in [0.1, 0.15) is 25.8 Å². The number of benzene rings is 2. The average Bonchev–Trinajstić information content (AvgIpc) is 3.26. The third-order valence-electron chi connectivity index (χ3n) is 4.99. The van der Waals surface area contributed by atoms with E-state index in [1.807, 2.05) is 27.0 Å². The summed E-state index contributed by atoms with van der Waals surface area (Å²) in [5.41, 5.74) is 2.12. The van der Waals surface area contributed by atoms with Crippen LogP contribution in [0.25, 0.3) is 21.8 Å². The van der Waals surface area contributed by atoms with E-state index in [0.717, 1.165) is 17.1 Å². The summed E-state index contributed by atoms with van der Waals surface area (Å²) in [6.45, 7) is 6.02. The zero-order valence-electron chi connectivity index (χ0n) is 19.6. The van der Waals surface area contributed by atoms with E-state index in [4.69, 9.17) is 4.98 Å². The van der Waals surface area contributed by atoms with Crippen molar-refractivity contribution in [3.63, 3.8) is 0 Å². The summed E-state index contributed by atoms with van der Waals surface area (Å²) in [4.78, 5) is 14.2. The summed E-state index contributed by atoms with van der Waals surface area (Å²) in [7, 11) is 0. The van der Waals surface area contributed by atoms with Gasteiger partial charge >= 0.3 is 0 Å². The minimum absolute atomic E-state index is 0.108. The molecule has 12 heteroatoms. The Morgan fingerprint density at radius 3 is 2.42 bits per heavy atom. The predicted octanol–water partition coefficient (Wildman–Crippen LogP) is 7.69. The van der Waals surface area contributed by atoms with Crippen molar-refractivity contribution >= 4 is 50.4 Å². The molecule has 0 amide bonds. The Hall–Kier alpha value is -2.67. The Balaban J connectivity index is 1.80. The lowest BCUT2D eigenvalue weighted by Gasteiger charge is -2.21. The molecule has 0 aliphatic rings. The first-order valence-corrected chi connectivity index (χ1v) is 13.4. The van der Waals surface area contributed by atoms with Gasteiger partial charge in [-0.05, 0) is 36.6 Å². The normalized spacial score (nSPS) is 11.6. The van der Waals surface area contributed by atoms with E-state index in [1.54, 1.807) is 24.4 Å². The Labute approximate surface area is 222 Å². The Kier molecular flexibility index (Phi) is 7.60. The van der Waals surface area contributed by atoms with E-state index in [0.29, 0.717) is 21.4 Å². The number of halogens is 4. The van der Waals surface area contributed by atoms with Gasteiger partial charge in [0.15, 0.2) is 28.3 Å². The molecule has 0 aliphatic carbocycles. The van der Waals surface area contributed by atoms with Gasteiger partial charge in [0, 0.05) is 21.6 Å². The second kappa shape index (κ2) is 10.4. The lowest BCUT2D eigenvalue weighted by atomic mass is 9.98. The highest BCUT2D eigenvalue weighted by Gasteiger charge is 2.26. The topological polar surface area (TPSA) is 74.2 Å². The van der Waals surface area contributed by atoms with E-state index in [1.165, 1.54) is 29.2 Å². The van der Waals surface area contributed by atoms with Crippen molar-refractivity contribution in [1.29, 1.82) is 0 Å². The molecule has 2 N–H and O–H groups in total. The van der Waals surface area contributed by atoms with Crippen LogP contribution in [-0.2, 0) is 5.41 Å². The number of thiazole rings is 1. The van der Waals surface area contributed by atoms with Crippen molar-refractivity contribution in [1.82, 2.24) is 15.0 Å². The van der Waals surface area contributed by atoms with Gasteiger partial charge in [0.2, 0.25) is 0 Å². The number of anilines is 2. The van der Waals surface area contributed by atoms with Crippen molar-refractivity contribution in [2.75, 3.05) is 16.9 Å². The second-order valence-electron chi connectivity index (χ2n) is 8.68. The fraction of sp³-hybridized carbons (Fsp3) is 0.208. The van der Waals surface area contributed by atoms with Gasteiger partial charge in [0.05, 0.1) is 27.0 Å². The highest BCUT2D eigenvalue weighted by atomic mass is 79.9. The van der Waals surface area contributed by atoms with Gasteiger partial charge in [-0.25, -0.2) is 28.1 Å². The van der Waals surface area contributed by atoms with Gasteiger partial charge in [-0.1, -0.05) is 54.5 Å². The van der Waals surface area contributed by atoms with Crippen molar-refractivity contribution in [2.45, 2.75) is 31.3 Å². The molecule has 4 aromatic rings. The van der Waals surface area contributed by atoms with Gasteiger partial charge in [-0.15, -0.1) is 11.3 Å². The quantitative estimate of drug-likeness (QED) is 0.134. The first-order chi connectivity index (χ1) is 17.0. The lowest BCUT2D eigenvalue weighted by molar-refractivity contribution is 0.268. The third-order valence-corrected chi connectivity index (χ3v) is 7.51. The fourth-order valence-electron chi connectivity index (χ4n) is 3.27. The molecule has 0 saturated heterocycles. The Morgan fingerprint density at radius 1 is 1.08 bits per heavy atom. The van der Waals surface area contributed by atoms with Gasteiger partial charge in [-0.2, -0.15) is 5.17 Å². The highest BCUT2D eigenvalue weighted by molar-refractivity contribution is 9.10. The van der Waals surface area contributed by atoms with Crippen LogP contribution in [0.2, 0.25) is 0 Å². The van der Waals surface area contributed by atoms with E-state index in [-0.39, 0.29) is 26.3 Å². The molecule has 0 atom stereocenters. The number of nitrogens with zero attached hydrogens (tertiary/aromatic N) is 4. The molecule has 0 aliphatic heterocycles. The van der Waals surface area contributed by atoms with Gasteiger partial charge in [-0.3, -0.25) is 10.6 Å². The average molecular weight is 596 g/mol. The number of nitrogens with one attached hydrogen (secondary N) is 1. The molecule has 0 saturated carbocycles. The summed E-state index contributed by atoms with van der Waals surface area (Å²) in [5, 5.41) is 11.8. The molecule has 0 bridgehead atoms. The van der Waals surface area contributed by atoms with Crippen LogP contribution >= 0.6 is 39.0 Å². The van der Waals surface area contributed by atoms with Crippen molar-refractivity contribution < 1.29 is 18.4 Å². The Bertz CT molecular complexity index is 1400. The number of thioether (sulfide) groups is 1. The Morgan fingerprint density at radius 2 is 1.78 bits per heavy atom. The summed E-state index contributed by atoms with van der Waals surface area (Å²) >= 11 is 5.77. The molecule has 36 heavy (non-hydrogen) atoms. The van der Waals surface area contributed by atoms with Crippen LogP contribution in [0.5, 0.6) is 0 Å². The zero-order chi connectivity index (χ0) is 26.2. The van der Waals surface area contributed by atoms with Crippen LogP contribution in [0.4, 0.5) is 24.5 Å². The molecule has 0 radical (unpaired) electrons. The molecule has 188 valence electrons. The predicted molar refractivity (Wildman–Crippen MR) is 141 cm³/mol. The number of hydrogen-bond acceptors (Lipinski definition) is 8. The van der Waals surface area contributed by atoms with Gasteiger partial charge < -0.3 is 0 Å². The maximum absolute atomic E-state index is 15.8. The highest BCUT2D eigenvalue weighted by Crippen LogP contribution is 2.42. The maximum atomic E-state index is 15.8. The van der Waals surface area contributed by atoms with Crippen LogP contribution in [0, 0.1) is 17.5 Å². The molecular weight excluding hydrogens is 575 g/mol. The van der Waals surface area contributed by atoms with E-state index >= 15 is 4.39 Å². The first kappa shape index (κ1) is 26.4. The number of rotatable bonds is 6. The molecule has 6 nitrogen and oxygen atoms in total. The molecule has 2 aromatic heterocycles. The lowest BCUT2D eigenvalue weighted by Crippen LogP contribution is -2.28. The zero-order valence-corrected chi connectivity index (χ0v) is 22.8. The van der Waals surface area contributed by atoms with Crippen molar-refractivity contribution in [2.24, 2.45) is 0 Å². The molecule has 0 unspecified atom stereocenters. The minimum Gasteiger partial charge on any atom is -0.271 e. The van der Waals surface area contributed by atoms with Crippen LogP contribution in [0.3, 0.4) is 0 Å². The molecular formula is C24H21BrF3N5OS2. The summed E-state index contributed by atoms with van der Waals surface area (Å²) in [6.07, 6.45) is 3.49. The second-order valence-corrected chi connectivity index (χ2v) is 11.4. The van der Waals surface area contributed by atoms with Gasteiger partial charge in [0.1, 0.15) is 0 Å². The van der Waals surface area contributed by atoms with Crippen molar-refractivity contribution in [3.05, 3.63) is 69.5 Å². The SMILES string of the molecule is CSc1nccc(-c2sc(C(C)(C)C)nc2-c2cccc(NN(O)c3c(F)cc(Br)cc3F)c2F)n1. The number of hydrazine groups is 1. The maximum Gasteiger partial charge on any atom is 0.187 e. The molecule has 0 spiro atoms. The minimum atomic E-state index is -1.04.